The SMILES string of the molecule is CSc1nc2n(n1)[C@@H](c1ccccc1)[C@@H](C(=O)Nc1ccccc1)[C@@H](C)N2. The van der Waals surface area contributed by atoms with Gasteiger partial charge in [-0.2, -0.15) is 4.98 Å². The van der Waals surface area contributed by atoms with E-state index in [2.05, 4.69) is 20.7 Å². The monoisotopic (exact) mass is 379 g/mol. The first-order valence-electron chi connectivity index (χ1n) is 8.85. The molecule has 2 N–H and O–H groups in total. The van der Waals surface area contributed by atoms with Crippen LogP contribution in [0, 0.1) is 5.92 Å². The molecule has 1 aliphatic heterocycles. The van der Waals surface area contributed by atoms with Crippen LogP contribution in [0.15, 0.2) is 65.8 Å². The second-order valence-electron chi connectivity index (χ2n) is 6.54. The standard InChI is InChI=1S/C20H21N5OS/c1-13-16(18(26)22-15-11-7-4-8-12-15)17(14-9-5-3-6-10-14)25-19(21-13)23-20(24-25)27-2/h3-13,16-17H,1-2H3,(H,22,26)(H,21,23,24)/t13-,16+,17+/m1/s1. The molecule has 138 valence electrons. The Hall–Kier alpha value is -2.80. The average molecular weight is 379 g/mol. The number of benzene rings is 2. The Morgan fingerprint density at radius 3 is 2.44 bits per heavy atom. The molecular weight excluding hydrogens is 358 g/mol. The number of hydrogen-bond acceptors (Lipinski definition) is 5. The molecule has 7 heteroatoms. The predicted molar refractivity (Wildman–Crippen MR) is 108 cm³/mol. The van der Waals surface area contributed by atoms with Gasteiger partial charge in [-0.15, -0.1) is 5.10 Å². The topological polar surface area (TPSA) is 71.8 Å². The highest BCUT2D eigenvalue weighted by Gasteiger charge is 2.41. The van der Waals surface area contributed by atoms with Crippen LogP contribution in [0.3, 0.4) is 0 Å². The van der Waals surface area contributed by atoms with Crippen molar-refractivity contribution in [3.63, 3.8) is 0 Å². The predicted octanol–water partition coefficient (Wildman–Crippen LogP) is 3.66. The van der Waals surface area contributed by atoms with Gasteiger partial charge in [0.1, 0.15) is 0 Å². The number of anilines is 2. The van der Waals surface area contributed by atoms with Crippen LogP contribution >= 0.6 is 11.8 Å². The fourth-order valence-corrected chi connectivity index (χ4v) is 3.87. The summed E-state index contributed by atoms with van der Waals surface area (Å²) in [6, 6.07) is 19.2. The van der Waals surface area contributed by atoms with Gasteiger partial charge in [0.15, 0.2) is 0 Å². The minimum Gasteiger partial charge on any atom is -0.351 e. The lowest BCUT2D eigenvalue weighted by Gasteiger charge is -2.36. The van der Waals surface area contributed by atoms with E-state index in [9.17, 15) is 4.79 Å². The molecule has 2 aromatic carbocycles. The van der Waals surface area contributed by atoms with Crippen molar-refractivity contribution in [2.75, 3.05) is 16.9 Å². The maximum absolute atomic E-state index is 13.2. The molecule has 1 aromatic heterocycles. The summed E-state index contributed by atoms with van der Waals surface area (Å²) in [7, 11) is 0. The van der Waals surface area contributed by atoms with Gasteiger partial charge in [-0.1, -0.05) is 60.3 Å². The molecule has 0 unspecified atom stereocenters. The zero-order valence-electron chi connectivity index (χ0n) is 15.2. The summed E-state index contributed by atoms with van der Waals surface area (Å²) in [6.07, 6.45) is 1.95. The Labute approximate surface area is 162 Å². The summed E-state index contributed by atoms with van der Waals surface area (Å²) >= 11 is 1.49. The number of carbonyl (C=O) groups is 1. The summed E-state index contributed by atoms with van der Waals surface area (Å²) in [5.74, 6) is 0.322. The molecule has 4 rings (SSSR count). The lowest BCUT2D eigenvalue weighted by molar-refractivity contribution is -0.121. The van der Waals surface area contributed by atoms with E-state index in [1.807, 2.05) is 78.5 Å². The van der Waals surface area contributed by atoms with Gasteiger partial charge >= 0.3 is 0 Å². The van der Waals surface area contributed by atoms with Crippen molar-refractivity contribution in [2.45, 2.75) is 24.2 Å². The first kappa shape index (κ1) is 17.6. The molecule has 0 radical (unpaired) electrons. The molecule has 0 fully saturated rings. The van der Waals surface area contributed by atoms with Crippen LogP contribution in [0.1, 0.15) is 18.5 Å². The number of nitrogens with one attached hydrogen (secondary N) is 2. The van der Waals surface area contributed by atoms with Crippen LogP contribution in [-0.4, -0.2) is 33.0 Å². The molecule has 0 spiro atoms. The van der Waals surface area contributed by atoms with E-state index in [1.54, 1.807) is 0 Å². The number of amides is 1. The quantitative estimate of drug-likeness (QED) is 0.677. The Morgan fingerprint density at radius 1 is 1.11 bits per heavy atom. The molecule has 3 atom stereocenters. The summed E-state index contributed by atoms with van der Waals surface area (Å²) in [6.45, 7) is 2.02. The van der Waals surface area contributed by atoms with Crippen molar-refractivity contribution in [1.82, 2.24) is 14.8 Å². The van der Waals surface area contributed by atoms with Crippen molar-refractivity contribution in [2.24, 2.45) is 5.92 Å². The van der Waals surface area contributed by atoms with E-state index in [-0.39, 0.29) is 23.9 Å². The van der Waals surface area contributed by atoms with Gasteiger partial charge in [-0.25, -0.2) is 4.68 Å². The molecule has 0 aliphatic carbocycles. The van der Waals surface area contributed by atoms with E-state index >= 15 is 0 Å². The van der Waals surface area contributed by atoms with Crippen molar-refractivity contribution in [1.29, 1.82) is 0 Å². The van der Waals surface area contributed by atoms with Crippen LogP contribution in [0.5, 0.6) is 0 Å². The second kappa shape index (κ2) is 7.44. The maximum atomic E-state index is 13.2. The largest absolute Gasteiger partial charge is 0.351 e. The van der Waals surface area contributed by atoms with Gasteiger partial charge in [0.2, 0.25) is 17.0 Å². The van der Waals surface area contributed by atoms with Gasteiger partial charge < -0.3 is 10.6 Å². The zero-order valence-corrected chi connectivity index (χ0v) is 16.0. The Morgan fingerprint density at radius 2 is 1.78 bits per heavy atom. The van der Waals surface area contributed by atoms with Crippen molar-refractivity contribution in [3.8, 4) is 0 Å². The van der Waals surface area contributed by atoms with E-state index in [0.29, 0.717) is 11.1 Å². The Bertz CT molecular complexity index is 928. The number of rotatable bonds is 4. The number of aromatic nitrogens is 3. The molecule has 1 amide bonds. The van der Waals surface area contributed by atoms with Gasteiger partial charge in [0.05, 0.1) is 12.0 Å². The molecule has 0 saturated heterocycles. The normalized spacial score (nSPS) is 21.2. The number of carbonyl (C=O) groups excluding carboxylic acids is 1. The van der Waals surface area contributed by atoms with E-state index < -0.39 is 0 Å². The third kappa shape index (κ3) is 3.42. The first-order valence-corrected chi connectivity index (χ1v) is 10.1. The molecule has 6 nitrogen and oxygen atoms in total. The summed E-state index contributed by atoms with van der Waals surface area (Å²) in [5.41, 5.74) is 1.83. The smallest absolute Gasteiger partial charge is 0.232 e. The minimum absolute atomic E-state index is 0.0399. The summed E-state index contributed by atoms with van der Waals surface area (Å²) in [4.78, 5) is 17.8. The van der Waals surface area contributed by atoms with Crippen LogP contribution < -0.4 is 10.6 Å². The van der Waals surface area contributed by atoms with E-state index in [0.717, 1.165) is 11.3 Å². The van der Waals surface area contributed by atoms with Crippen LogP contribution in [0.2, 0.25) is 0 Å². The van der Waals surface area contributed by atoms with Gasteiger partial charge in [-0.05, 0) is 30.9 Å². The highest BCUT2D eigenvalue weighted by atomic mass is 32.2. The summed E-state index contributed by atoms with van der Waals surface area (Å²) < 4.78 is 1.84. The molecule has 0 saturated carbocycles. The number of nitrogens with zero attached hydrogens (tertiary/aromatic N) is 3. The van der Waals surface area contributed by atoms with Crippen molar-refractivity contribution in [3.05, 3.63) is 66.2 Å². The molecule has 27 heavy (non-hydrogen) atoms. The van der Waals surface area contributed by atoms with Crippen molar-refractivity contribution < 1.29 is 4.79 Å². The number of para-hydroxylation sites is 1. The number of thioether (sulfide) groups is 1. The van der Waals surface area contributed by atoms with E-state index in [1.165, 1.54) is 11.8 Å². The van der Waals surface area contributed by atoms with E-state index in [4.69, 9.17) is 0 Å². The highest BCUT2D eigenvalue weighted by molar-refractivity contribution is 7.98. The number of fused-ring (bicyclic) bond motifs is 1. The van der Waals surface area contributed by atoms with Crippen LogP contribution in [0.4, 0.5) is 11.6 Å². The zero-order chi connectivity index (χ0) is 18.8. The van der Waals surface area contributed by atoms with Crippen molar-refractivity contribution >= 4 is 29.3 Å². The molecular formula is C20H21N5OS. The number of hydrogen-bond donors (Lipinski definition) is 2. The average Bonchev–Trinajstić information content (AvgIpc) is 3.11. The second-order valence-corrected chi connectivity index (χ2v) is 7.31. The molecule has 1 aliphatic rings. The Kier molecular flexibility index (Phi) is 4.85. The lowest BCUT2D eigenvalue weighted by atomic mass is 9.85. The van der Waals surface area contributed by atoms with Crippen LogP contribution in [-0.2, 0) is 4.79 Å². The molecule has 3 aromatic rings. The third-order valence-corrected chi connectivity index (χ3v) is 5.32. The highest BCUT2D eigenvalue weighted by Crippen LogP contribution is 2.37. The summed E-state index contributed by atoms with van der Waals surface area (Å²) in [5, 5.41) is 11.7. The molecule has 2 heterocycles. The first-order chi connectivity index (χ1) is 13.2. The molecule has 0 bridgehead atoms. The fraction of sp³-hybridized carbons (Fsp3) is 0.250. The van der Waals surface area contributed by atoms with Gasteiger partial charge in [0.25, 0.3) is 0 Å². The van der Waals surface area contributed by atoms with Gasteiger partial charge in [-0.3, -0.25) is 4.79 Å². The van der Waals surface area contributed by atoms with Gasteiger partial charge in [0, 0.05) is 11.7 Å². The Balaban J connectivity index is 1.75. The third-order valence-electron chi connectivity index (χ3n) is 4.78. The fourth-order valence-electron chi connectivity index (χ4n) is 3.52. The maximum Gasteiger partial charge on any atom is 0.232 e. The van der Waals surface area contributed by atoms with Crippen LogP contribution in [0.25, 0.3) is 0 Å². The minimum atomic E-state index is -0.337. The lowest BCUT2D eigenvalue weighted by Crippen LogP contribution is -2.46.